The van der Waals surface area contributed by atoms with Crippen molar-refractivity contribution in [2.24, 2.45) is 29.6 Å². The van der Waals surface area contributed by atoms with Crippen molar-refractivity contribution in [2.75, 3.05) is 12.0 Å². The largest absolute Gasteiger partial charge is 0.497 e. The van der Waals surface area contributed by atoms with Gasteiger partial charge in [-0.2, -0.15) is 0 Å². The molecule has 2 saturated carbocycles. The molecule has 3 fully saturated rings. The smallest absolute Gasteiger partial charge is 0.305 e. The molecule has 4 aliphatic rings. The number of imide groups is 1. The number of nitrogens with one attached hydrogen (secondary N) is 1. The van der Waals surface area contributed by atoms with Crippen LogP contribution in [0.3, 0.4) is 0 Å². The first-order valence-corrected chi connectivity index (χ1v) is 17.3. The van der Waals surface area contributed by atoms with Crippen LogP contribution in [0.15, 0.2) is 81.0 Å². The third kappa shape index (κ3) is 4.40. The lowest BCUT2D eigenvalue weighted by molar-refractivity contribution is -0.123. The summed E-state index contributed by atoms with van der Waals surface area (Å²) in [4.78, 5) is 46.1. The predicted molar refractivity (Wildman–Crippen MR) is 174 cm³/mol. The Labute approximate surface area is 275 Å². The number of anilines is 1. The van der Waals surface area contributed by atoms with Crippen molar-refractivity contribution in [1.29, 1.82) is 0 Å². The lowest BCUT2D eigenvalue weighted by Gasteiger charge is -2.43. The van der Waals surface area contributed by atoms with Crippen LogP contribution >= 0.6 is 50.6 Å². The molecule has 1 N–H and O–H groups in total. The summed E-state index contributed by atoms with van der Waals surface area (Å²) in [5, 5.41) is 1.61. The minimum Gasteiger partial charge on any atom is -0.497 e. The SMILES string of the molecule is COc1ccc(N2C(=O)C3C(C2=O)[C@@H]2C[C@H]3C3Sc4[nH]c(=O)sc4C(c4cc(Br)ccc4OCc4ccc(Cl)cc4)C32)cc1. The Morgan fingerprint density at radius 2 is 1.70 bits per heavy atom. The standard InChI is InChI=1S/C33H26BrClN2O5S2/c1-41-19-9-7-18(8-10-19)37-31(38)26-21-13-22(27(26)32(37)39)28-25(21)24(29-30(43-28)36-33(40)44-29)20-12-16(34)4-11-23(20)42-14-15-2-5-17(35)6-3-15/h2-12,21-22,24-28H,13-14H2,1H3,(H,36,40)/t21-,22-,24?,25?,26?,27?,28?/m1/s1. The van der Waals surface area contributed by atoms with Crippen molar-refractivity contribution in [3.63, 3.8) is 0 Å². The van der Waals surface area contributed by atoms with Gasteiger partial charge in [0.2, 0.25) is 11.8 Å². The average molecular weight is 710 g/mol. The molecule has 4 aromatic rings. The monoisotopic (exact) mass is 708 g/mol. The van der Waals surface area contributed by atoms with Crippen molar-refractivity contribution >= 4 is 68.1 Å². The molecule has 44 heavy (non-hydrogen) atoms. The minimum atomic E-state index is -0.387. The van der Waals surface area contributed by atoms with Crippen LogP contribution in [0.25, 0.3) is 0 Å². The molecule has 1 saturated heterocycles. The molecule has 11 heteroatoms. The molecule has 1 aromatic heterocycles. The van der Waals surface area contributed by atoms with Crippen LogP contribution in [-0.2, 0) is 16.2 Å². The number of amides is 2. The van der Waals surface area contributed by atoms with E-state index in [4.69, 9.17) is 21.1 Å². The predicted octanol–water partition coefficient (Wildman–Crippen LogP) is 7.12. The molecule has 8 rings (SSSR count). The zero-order valence-corrected chi connectivity index (χ0v) is 27.3. The van der Waals surface area contributed by atoms with E-state index < -0.39 is 0 Å². The Balaban J connectivity index is 1.18. The Morgan fingerprint density at radius 3 is 2.43 bits per heavy atom. The molecule has 0 radical (unpaired) electrons. The summed E-state index contributed by atoms with van der Waals surface area (Å²) in [5.41, 5.74) is 2.55. The number of rotatable bonds is 6. The number of ether oxygens (including phenoxy) is 2. The molecule has 224 valence electrons. The van der Waals surface area contributed by atoms with Gasteiger partial charge in [-0.3, -0.25) is 19.3 Å². The van der Waals surface area contributed by atoms with Crippen LogP contribution < -0.4 is 19.2 Å². The van der Waals surface area contributed by atoms with E-state index in [-0.39, 0.29) is 57.4 Å². The maximum Gasteiger partial charge on any atom is 0.305 e. The van der Waals surface area contributed by atoms with E-state index >= 15 is 0 Å². The topological polar surface area (TPSA) is 88.7 Å². The van der Waals surface area contributed by atoms with E-state index in [2.05, 4.69) is 27.0 Å². The molecule has 2 amide bonds. The molecule has 2 aliphatic carbocycles. The van der Waals surface area contributed by atoms with Gasteiger partial charge in [-0.1, -0.05) is 51.0 Å². The second kappa shape index (κ2) is 10.8. The maximum atomic E-state index is 14.1. The molecule has 7 nitrogen and oxygen atoms in total. The molecular weight excluding hydrogens is 684 g/mol. The number of H-pyrrole nitrogens is 1. The second-order valence-electron chi connectivity index (χ2n) is 11.8. The lowest BCUT2D eigenvalue weighted by Crippen LogP contribution is -2.42. The summed E-state index contributed by atoms with van der Waals surface area (Å²) in [7, 11) is 1.59. The van der Waals surface area contributed by atoms with Gasteiger partial charge in [0.05, 0.1) is 29.7 Å². The molecule has 5 unspecified atom stereocenters. The first kappa shape index (κ1) is 28.4. The number of fused-ring (bicyclic) bond motifs is 9. The van der Waals surface area contributed by atoms with Gasteiger partial charge in [0.15, 0.2) is 0 Å². The number of carbonyl (C=O) groups is 2. The summed E-state index contributed by atoms with van der Waals surface area (Å²) in [5.74, 6) is 0.344. The third-order valence-corrected chi connectivity index (χ3v) is 13.0. The first-order valence-electron chi connectivity index (χ1n) is 14.4. The van der Waals surface area contributed by atoms with E-state index in [0.717, 1.165) is 37.7 Å². The first-order chi connectivity index (χ1) is 21.3. The molecule has 2 bridgehead atoms. The summed E-state index contributed by atoms with van der Waals surface area (Å²) < 4.78 is 12.6. The fraction of sp³-hybridized carbons (Fsp3) is 0.303. The summed E-state index contributed by atoms with van der Waals surface area (Å²) in [6, 6.07) is 20.7. The van der Waals surface area contributed by atoms with Gasteiger partial charge < -0.3 is 14.5 Å². The molecular formula is C33H26BrClN2O5S2. The van der Waals surface area contributed by atoms with Gasteiger partial charge in [0.1, 0.15) is 18.1 Å². The Morgan fingerprint density at radius 1 is 0.977 bits per heavy atom. The van der Waals surface area contributed by atoms with Crippen molar-refractivity contribution in [3.8, 4) is 11.5 Å². The highest BCUT2D eigenvalue weighted by Gasteiger charge is 2.69. The van der Waals surface area contributed by atoms with Crippen molar-refractivity contribution in [1.82, 2.24) is 4.98 Å². The quantitative estimate of drug-likeness (QED) is 0.215. The molecule has 7 atom stereocenters. The van der Waals surface area contributed by atoms with Gasteiger partial charge in [0.25, 0.3) is 0 Å². The number of thiazole rings is 1. The summed E-state index contributed by atoms with van der Waals surface area (Å²) in [6.07, 6.45) is 0.816. The van der Waals surface area contributed by atoms with E-state index in [9.17, 15) is 14.4 Å². The second-order valence-corrected chi connectivity index (χ2v) is 15.3. The third-order valence-electron chi connectivity index (χ3n) is 9.67. The zero-order chi connectivity index (χ0) is 30.3. The summed E-state index contributed by atoms with van der Waals surface area (Å²) >= 11 is 12.7. The van der Waals surface area contributed by atoms with Crippen LogP contribution in [-0.4, -0.2) is 29.2 Å². The van der Waals surface area contributed by atoms with Crippen LogP contribution in [0.1, 0.15) is 28.3 Å². The van der Waals surface area contributed by atoms with Crippen molar-refractivity contribution in [2.45, 2.75) is 29.2 Å². The number of aromatic nitrogens is 1. The zero-order valence-electron chi connectivity index (χ0n) is 23.4. The highest BCUT2D eigenvalue weighted by atomic mass is 79.9. The number of thioether (sulfide) groups is 1. The lowest BCUT2D eigenvalue weighted by atomic mass is 9.68. The number of nitrogens with zero attached hydrogens (tertiary/aromatic N) is 1. The maximum absolute atomic E-state index is 14.1. The van der Waals surface area contributed by atoms with Crippen LogP contribution in [0.4, 0.5) is 5.69 Å². The summed E-state index contributed by atoms with van der Waals surface area (Å²) in [6.45, 7) is 0.359. The number of methoxy groups -OCH3 is 1. The fourth-order valence-electron chi connectivity index (χ4n) is 7.99. The molecule has 3 aromatic carbocycles. The van der Waals surface area contributed by atoms with Crippen molar-refractivity contribution in [3.05, 3.63) is 102 Å². The Kier molecular flexibility index (Phi) is 6.97. The molecule has 0 spiro atoms. The Hall–Kier alpha value is -3.05. The fourth-order valence-corrected chi connectivity index (χ4v) is 11.4. The number of halogens is 2. The van der Waals surface area contributed by atoms with Crippen LogP contribution in [0.5, 0.6) is 11.5 Å². The van der Waals surface area contributed by atoms with Gasteiger partial charge in [-0.05, 0) is 84.3 Å². The number of carbonyl (C=O) groups excluding carboxylic acids is 2. The average Bonchev–Trinajstić information content (AvgIpc) is 3.76. The van der Waals surface area contributed by atoms with Crippen molar-refractivity contribution < 1.29 is 19.1 Å². The number of hydrogen-bond acceptors (Lipinski definition) is 7. The van der Waals surface area contributed by atoms with Gasteiger partial charge in [-0.15, -0.1) is 11.8 Å². The van der Waals surface area contributed by atoms with Crippen LogP contribution in [0.2, 0.25) is 5.02 Å². The van der Waals surface area contributed by atoms with E-state index in [1.165, 1.54) is 16.2 Å². The minimum absolute atomic E-state index is 0.000599. The van der Waals surface area contributed by atoms with E-state index in [0.29, 0.717) is 23.1 Å². The highest BCUT2D eigenvalue weighted by molar-refractivity contribution is 9.10. The number of aromatic amines is 1. The highest BCUT2D eigenvalue weighted by Crippen LogP contribution is 2.69. The van der Waals surface area contributed by atoms with Gasteiger partial charge in [0, 0.05) is 31.1 Å². The number of benzene rings is 3. The van der Waals surface area contributed by atoms with E-state index in [1.807, 2.05) is 36.4 Å². The van der Waals surface area contributed by atoms with Gasteiger partial charge in [-0.25, -0.2) is 0 Å². The molecule has 2 aliphatic heterocycles. The van der Waals surface area contributed by atoms with E-state index in [1.54, 1.807) is 43.1 Å². The number of hydrogen-bond donors (Lipinski definition) is 1. The normalized spacial score (nSPS) is 28.2. The molecule has 3 heterocycles. The Bertz CT molecular complexity index is 1860. The van der Waals surface area contributed by atoms with Gasteiger partial charge >= 0.3 is 4.87 Å². The van der Waals surface area contributed by atoms with Crippen LogP contribution in [0, 0.1) is 29.6 Å².